The number of nitrogens with one attached hydrogen (secondary N) is 1. The number of rotatable bonds is 3. The predicted molar refractivity (Wildman–Crippen MR) is 64.5 cm³/mol. The maximum Gasteiger partial charge on any atom is 0.416 e. The summed E-state index contributed by atoms with van der Waals surface area (Å²) in [6.45, 7) is 0.347. The topological polar surface area (TPSA) is 55.1 Å². The van der Waals surface area contributed by atoms with Gasteiger partial charge >= 0.3 is 6.18 Å². The first-order valence-corrected chi connectivity index (χ1v) is 6.06. The lowest BCUT2D eigenvalue weighted by molar-refractivity contribution is -0.137. The molecule has 0 bridgehead atoms. The third kappa shape index (κ3) is 2.89. The van der Waals surface area contributed by atoms with E-state index in [-0.39, 0.29) is 17.0 Å². The lowest BCUT2D eigenvalue weighted by Gasteiger charge is -2.41. The van der Waals surface area contributed by atoms with E-state index in [1.807, 2.05) is 0 Å². The van der Waals surface area contributed by atoms with Crippen LogP contribution in [0.4, 0.5) is 13.2 Å². The number of nitrogens with two attached hydrogens (primary N) is 1. The Balaban J connectivity index is 2.08. The van der Waals surface area contributed by atoms with Crippen LogP contribution >= 0.6 is 0 Å². The normalized spacial score (nSPS) is 17.7. The first kappa shape index (κ1) is 13.9. The van der Waals surface area contributed by atoms with Gasteiger partial charge < -0.3 is 11.1 Å². The summed E-state index contributed by atoms with van der Waals surface area (Å²) in [5.41, 5.74) is 4.69. The van der Waals surface area contributed by atoms with Crippen molar-refractivity contribution in [3.63, 3.8) is 0 Å². The highest BCUT2D eigenvalue weighted by Crippen LogP contribution is 2.31. The number of amides is 1. The molecule has 1 amide bonds. The quantitative estimate of drug-likeness (QED) is 0.887. The van der Waals surface area contributed by atoms with Crippen LogP contribution in [0.5, 0.6) is 0 Å². The molecule has 0 unspecified atom stereocenters. The van der Waals surface area contributed by atoms with Gasteiger partial charge in [-0.2, -0.15) is 13.2 Å². The summed E-state index contributed by atoms with van der Waals surface area (Å²) in [7, 11) is 0. The van der Waals surface area contributed by atoms with Gasteiger partial charge in [-0.25, -0.2) is 0 Å². The van der Waals surface area contributed by atoms with Crippen molar-refractivity contribution in [2.24, 2.45) is 5.73 Å². The standard InChI is InChI=1S/C13H15F3N2O/c14-13(15,16)10-4-2-9(3-5-10)11(19)18-12(8-17)6-1-7-12/h2-5H,1,6-8,17H2,(H,18,19). The van der Waals surface area contributed by atoms with Crippen LogP contribution in [0, 0.1) is 0 Å². The van der Waals surface area contributed by atoms with Crippen molar-refractivity contribution in [2.45, 2.75) is 31.0 Å². The summed E-state index contributed by atoms with van der Waals surface area (Å²) in [4.78, 5) is 11.9. The lowest BCUT2D eigenvalue weighted by Crippen LogP contribution is -2.58. The average Bonchev–Trinajstić information content (AvgIpc) is 2.32. The molecule has 1 aromatic rings. The summed E-state index contributed by atoms with van der Waals surface area (Å²) in [5, 5.41) is 2.81. The molecule has 1 aromatic carbocycles. The fourth-order valence-electron chi connectivity index (χ4n) is 2.11. The summed E-state index contributed by atoms with van der Waals surface area (Å²) in [6, 6.07) is 4.18. The molecule has 1 fully saturated rings. The van der Waals surface area contributed by atoms with E-state index in [0.29, 0.717) is 6.54 Å². The first-order valence-electron chi connectivity index (χ1n) is 6.06. The fourth-order valence-corrected chi connectivity index (χ4v) is 2.11. The fraction of sp³-hybridized carbons (Fsp3) is 0.462. The van der Waals surface area contributed by atoms with E-state index in [0.717, 1.165) is 31.4 Å². The Labute approximate surface area is 109 Å². The molecule has 19 heavy (non-hydrogen) atoms. The zero-order valence-corrected chi connectivity index (χ0v) is 10.3. The molecule has 0 saturated heterocycles. The van der Waals surface area contributed by atoms with E-state index < -0.39 is 11.7 Å². The Hall–Kier alpha value is -1.56. The van der Waals surface area contributed by atoms with Crippen molar-refractivity contribution in [3.8, 4) is 0 Å². The van der Waals surface area contributed by atoms with Crippen LogP contribution in [-0.2, 0) is 6.18 Å². The molecular formula is C13H15F3N2O. The molecule has 0 spiro atoms. The summed E-state index contributed by atoms with van der Waals surface area (Å²) in [6.07, 6.45) is -1.75. The second kappa shape index (κ2) is 4.85. The largest absolute Gasteiger partial charge is 0.416 e. The van der Waals surface area contributed by atoms with Gasteiger partial charge in [0.05, 0.1) is 11.1 Å². The predicted octanol–water partition coefficient (Wildman–Crippen LogP) is 2.32. The Bertz CT molecular complexity index is 458. The molecule has 1 aliphatic carbocycles. The van der Waals surface area contributed by atoms with Gasteiger partial charge in [-0.15, -0.1) is 0 Å². The second-order valence-corrected chi connectivity index (χ2v) is 4.87. The van der Waals surface area contributed by atoms with E-state index in [9.17, 15) is 18.0 Å². The zero-order chi connectivity index (χ0) is 14.1. The van der Waals surface area contributed by atoms with Crippen molar-refractivity contribution in [2.75, 3.05) is 6.54 Å². The highest BCUT2D eigenvalue weighted by Gasteiger charge is 2.37. The van der Waals surface area contributed by atoms with Gasteiger partial charge in [0.25, 0.3) is 5.91 Å². The van der Waals surface area contributed by atoms with Gasteiger partial charge in [-0.05, 0) is 43.5 Å². The number of alkyl halides is 3. The molecule has 3 nitrogen and oxygen atoms in total. The molecule has 0 heterocycles. The van der Waals surface area contributed by atoms with E-state index >= 15 is 0 Å². The van der Waals surface area contributed by atoms with Gasteiger partial charge in [-0.3, -0.25) is 4.79 Å². The van der Waals surface area contributed by atoms with E-state index in [1.54, 1.807) is 0 Å². The van der Waals surface area contributed by atoms with Gasteiger partial charge in [0.15, 0.2) is 0 Å². The van der Waals surface area contributed by atoms with Crippen LogP contribution < -0.4 is 11.1 Å². The summed E-state index contributed by atoms with van der Waals surface area (Å²) >= 11 is 0. The number of benzene rings is 1. The van der Waals surface area contributed by atoms with Gasteiger partial charge in [0.1, 0.15) is 0 Å². The Morgan fingerprint density at radius 1 is 1.26 bits per heavy atom. The average molecular weight is 272 g/mol. The van der Waals surface area contributed by atoms with Crippen LogP contribution in [0.25, 0.3) is 0 Å². The molecule has 3 N–H and O–H groups in total. The van der Waals surface area contributed by atoms with Crippen LogP contribution in [0.3, 0.4) is 0 Å². The van der Waals surface area contributed by atoms with Crippen molar-refractivity contribution in [1.29, 1.82) is 0 Å². The second-order valence-electron chi connectivity index (χ2n) is 4.87. The summed E-state index contributed by atoms with van der Waals surface area (Å²) in [5.74, 6) is -0.376. The maximum absolute atomic E-state index is 12.4. The number of carbonyl (C=O) groups is 1. The molecule has 0 radical (unpaired) electrons. The van der Waals surface area contributed by atoms with E-state index in [2.05, 4.69) is 5.32 Å². The molecule has 104 valence electrons. The minimum atomic E-state index is -4.39. The van der Waals surface area contributed by atoms with Crippen molar-refractivity contribution in [1.82, 2.24) is 5.32 Å². The van der Waals surface area contributed by atoms with Gasteiger partial charge in [-0.1, -0.05) is 0 Å². The molecule has 1 aliphatic rings. The molecule has 0 aliphatic heterocycles. The third-order valence-corrected chi connectivity index (χ3v) is 3.55. The van der Waals surface area contributed by atoms with Crippen LogP contribution in [-0.4, -0.2) is 18.0 Å². The Kier molecular flexibility index (Phi) is 3.54. The van der Waals surface area contributed by atoms with Crippen LogP contribution in [0.2, 0.25) is 0 Å². The Morgan fingerprint density at radius 3 is 2.21 bits per heavy atom. The molecule has 1 saturated carbocycles. The van der Waals surface area contributed by atoms with E-state index in [1.165, 1.54) is 12.1 Å². The molecule has 0 aromatic heterocycles. The van der Waals surface area contributed by atoms with Gasteiger partial charge in [0.2, 0.25) is 0 Å². The minimum absolute atomic E-state index is 0.215. The monoisotopic (exact) mass is 272 g/mol. The number of hydrogen-bond acceptors (Lipinski definition) is 2. The van der Waals surface area contributed by atoms with Crippen molar-refractivity contribution >= 4 is 5.91 Å². The molecule has 2 rings (SSSR count). The highest BCUT2D eigenvalue weighted by molar-refractivity contribution is 5.94. The number of hydrogen-bond donors (Lipinski definition) is 2. The minimum Gasteiger partial charge on any atom is -0.345 e. The molecular weight excluding hydrogens is 257 g/mol. The highest BCUT2D eigenvalue weighted by atomic mass is 19.4. The molecule has 0 atom stereocenters. The lowest BCUT2D eigenvalue weighted by atomic mass is 9.76. The van der Waals surface area contributed by atoms with Crippen molar-refractivity contribution < 1.29 is 18.0 Å². The number of halogens is 3. The van der Waals surface area contributed by atoms with E-state index in [4.69, 9.17) is 5.73 Å². The van der Waals surface area contributed by atoms with Crippen LogP contribution in [0.15, 0.2) is 24.3 Å². The van der Waals surface area contributed by atoms with Crippen LogP contribution in [0.1, 0.15) is 35.2 Å². The Morgan fingerprint density at radius 2 is 1.84 bits per heavy atom. The SMILES string of the molecule is NCC1(NC(=O)c2ccc(C(F)(F)F)cc2)CCC1. The van der Waals surface area contributed by atoms with Crippen molar-refractivity contribution in [3.05, 3.63) is 35.4 Å². The zero-order valence-electron chi connectivity index (χ0n) is 10.3. The van der Waals surface area contributed by atoms with Gasteiger partial charge in [0, 0.05) is 12.1 Å². The first-order chi connectivity index (χ1) is 8.86. The molecule has 6 heteroatoms. The third-order valence-electron chi connectivity index (χ3n) is 3.55. The maximum atomic E-state index is 12.4. The smallest absolute Gasteiger partial charge is 0.345 e. The summed E-state index contributed by atoms with van der Waals surface area (Å²) < 4.78 is 37.2. The number of carbonyl (C=O) groups excluding carboxylic acids is 1.